The molecule has 0 atom stereocenters. The topological polar surface area (TPSA) is 93.1 Å². The Labute approximate surface area is 95.0 Å². The number of rotatable bonds is 2. The first-order valence-corrected chi connectivity index (χ1v) is 5.58. The summed E-state index contributed by atoms with van der Waals surface area (Å²) in [6, 6.07) is 0. The van der Waals surface area contributed by atoms with Crippen LogP contribution in [0, 0.1) is 0 Å². The lowest BCUT2D eigenvalue weighted by atomic mass is 10.1. The van der Waals surface area contributed by atoms with Crippen LogP contribution in [0.4, 0.5) is 23.3 Å². The highest BCUT2D eigenvalue weighted by molar-refractivity contribution is 5.77. The van der Waals surface area contributed by atoms with Crippen molar-refractivity contribution in [3.8, 4) is 0 Å². The van der Waals surface area contributed by atoms with Crippen LogP contribution in [-0.4, -0.2) is 30.1 Å². The Bertz CT molecular complexity index is 372. The molecule has 16 heavy (non-hydrogen) atoms. The van der Waals surface area contributed by atoms with Gasteiger partial charge in [-0.3, -0.25) is 0 Å². The van der Waals surface area contributed by atoms with Crippen molar-refractivity contribution < 1.29 is 0 Å². The zero-order valence-corrected chi connectivity index (χ0v) is 9.53. The molecule has 0 unspecified atom stereocenters. The van der Waals surface area contributed by atoms with E-state index in [2.05, 4.69) is 20.2 Å². The number of nitrogens with two attached hydrogens (primary N) is 2. The van der Waals surface area contributed by atoms with Gasteiger partial charge in [0.1, 0.15) is 5.69 Å². The highest BCUT2D eigenvalue weighted by atomic mass is 15.2. The summed E-state index contributed by atoms with van der Waals surface area (Å²) in [5.41, 5.74) is 12.2. The van der Waals surface area contributed by atoms with Crippen LogP contribution in [0.25, 0.3) is 0 Å². The summed E-state index contributed by atoms with van der Waals surface area (Å²) in [5, 5.41) is 3.04. The van der Waals surface area contributed by atoms with Gasteiger partial charge in [-0.25, -0.2) is 0 Å². The van der Waals surface area contributed by atoms with Crippen molar-refractivity contribution in [2.75, 3.05) is 41.8 Å². The molecule has 0 bridgehead atoms. The highest BCUT2D eigenvalue weighted by Crippen LogP contribution is 2.30. The summed E-state index contributed by atoms with van der Waals surface area (Å²) in [6.07, 6.45) is 3.65. The number of piperidine rings is 1. The van der Waals surface area contributed by atoms with Gasteiger partial charge in [0.05, 0.1) is 0 Å². The number of nitrogens with one attached hydrogen (secondary N) is 1. The van der Waals surface area contributed by atoms with Crippen LogP contribution in [0.3, 0.4) is 0 Å². The maximum absolute atomic E-state index is 5.82. The zero-order chi connectivity index (χ0) is 11.5. The van der Waals surface area contributed by atoms with Gasteiger partial charge < -0.3 is 21.7 Å². The van der Waals surface area contributed by atoms with Crippen molar-refractivity contribution in [1.82, 2.24) is 9.97 Å². The van der Waals surface area contributed by atoms with Crippen molar-refractivity contribution in [2.24, 2.45) is 0 Å². The van der Waals surface area contributed by atoms with Crippen LogP contribution in [0.1, 0.15) is 19.3 Å². The number of hydrogen-bond donors (Lipinski definition) is 3. The summed E-state index contributed by atoms with van der Waals surface area (Å²) in [5.74, 6) is 1.47. The minimum Gasteiger partial charge on any atom is -0.382 e. The molecule has 0 aliphatic carbocycles. The first-order valence-electron chi connectivity index (χ1n) is 5.58. The number of hydrogen-bond acceptors (Lipinski definition) is 6. The summed E-state index contributed by atoms with van der Waals surface area (Å²) in [7, 11) is 1.82. The first-order chi connectivity index (χ1) is 7.72. The fourth-order valence-electron chi connectivity index (χ4n) is 2.06. The SMILES string of the molecule is CNc1c(N)nc(N)nc1N1CCCCC1. The van der Waals surface area contributed by atoms with Gasteiger partial charge in [-0.05, 0) is 19.3 Å². The maximum Gasteiger partial charge on any atom is 0.224 e. The summed E-state index contributed by atoms with van der Waals surface area (Å²) in [4.78, 5) is 10.4. The summed E-state index contributed by atoms with van der Waals surface area (Å²) >= 11 is 0. The minimum atomic E-state index is 0.233. The third-order valence-corrected chi connectivity index (χ3v) is 2.84. The van der Waals surface area contributed by atoms with E-state index in [9.17, 15) is 0 Å². The fourth-order valence-corrected chi connectivity index (χ4v) is 2.06. The van der Waals surface area contributed by atoms with E-state index in [0.29, 0.717) is 5.82 Å². The summed E-state index contributed by atoms with van der Waals surface area (Å²) < 4.78 is 0. The van der Waals surface area contributed by atoms with E-state index in [1.54, 1.807) is 0 Å². The van der Waals surface area contributed by atoms with E-state index in [1.165, 1.54) is 19.3 Å². The molecule has 1 aromatic rings. The van der Waals surface area contributed by atoms with Gasteiger partial charge in [-0.1, -0.05) is 0 Å². The highest BCUT2D eigenvalue weighted by Gasteiger charge is 2.18. The lowest BCUT2D eigenvalue weighted by molar-refractivity contribution is 0.574. The standard InChI is InChI=1S/C10H18N6/c1-13-7-8(11)14-10(12)15-9(7)16-5-3-2-4-6-16/h13H,2-6H2,1H3,(H4,11,12,14,15). The van der Waals surface area contributed by atoms with Crippen LogP contribution in [-0.2, 0) is 0 Å². The molecule has 1 saturated heterocycles. The smallest absolute Gasteiger partial charge is 0.224 e. The normalized spacial score (nSPS) is 16.2. The van der Waals surface area contributed by atoms with Crippen LogP contribution >= 0.6 is 0 Å². The Hall–Kier alpha value is -1.72. The molecule has 88 valence electrons. The van der Waals surface area contributed by atoms with E-state index in [-0.39, 0.29) is 5.95 Å². The van der Waals surface area contributed by atoms with Crippen molar-refractivity contribution in [1.29, 1.82) is 0 Å². The van der Waals surface area contributed by atoms with Gasteiger partial charge in [-0.15, -0.1) is 0 Å². The predicted octanol–water partition coefficient (Wildman–Crippen LogP) is 0.673. The molecule has 1 aliphatic heterocycles. The monoisotopic (exact) mass is 222 g/mol. The largest absolute Gasteiger partial charge is 0.382 e. The van der Waals surface area contributed by atoms with Crippen LogP contribution in [0.15, 0.2) is 0 Å². The van der Waals surface area contributed by atoms with E-state index in [0.717, 1.165) is 24.6 Å². The second-order valence-corrected chi connectivity index (χ2v) is 3.96. The molecule has 0 radical (unpaired) electrons. The molecule has 2 heterocycles. The van der Waals surface area contributed by atoms with Crippen LogP contribution < -0.4 is 21.7 Å². The quantitative estimate of drug-likeness (QED) is 0.681. The van der Waals surface area contributed by atoms with Crippen LogP contribution in [0.2, 0.25) is 0 Å². The third kappa shape index (κ3) is 1.95. The van der Waals surface area contributed by atoms with Crippen molar-refractivity contribution in [3.05, 3.63) is 0 Å². The molecule has 6 nitrogen and oxygen atoms in total. The molecule has 1 fully saturated rings. The molecule has 0 spiro atoms. The second kappa shape index (κ2) is 4.42. The summed E-state index contributed by atoms with van der Waals surface area (Å²) in [6.45, 7) is 2.01. The second-order valence-electron chi connectivity index (χ2n) is 3.96. The maximum atomic E-state index is 5.82. The number of nitrogens with zero attached hydrogens (tertiary/aromatic N) is 3. The van der Waals surface area contributed by atoms with Crippen molar-refractivity contribution in [2.45, 2.75) is 19.3 Å². The average molecular weight is 222 g/mol. The lowest BCUT2D eigenvalue weighted by Crippen LogP contribution is -2.31. The van der Waals surface area contributed by atoms with Crippen molar-refractivity contribution >= 4 is 23.3 Å². The predicted molar refractivity (Wildman–Crippen MR) is 66.5 cm³/mol. The van der Waals surface area contributed by atoms with Gasteiger partial charge in [0.2, 0.25) is 5.95 Å². The third-order valence-electron chi connectivity index (χ3n) is 2.84. The Kier molecular flexibility index (Phi) is 2.98. The molecule has 1 aromatic heterocycles. The molecule has 6 heteroatoms. The van der Waals surface area contributed by atoms with E-state index >= 15 is 0 Å². The van der Waals surface area contributed by atoms with Gasteiger partial charge in [0.15, 0.2) is 11.6 Å². The Morgan fingerprint density at radius 2 is 1.81 bits per heavy atom. The van der Waals surface area contributed by atoms with Gasteiger partial charge in [0, 0.05) is 20.1 Å². The number of nitrogen functional groups attached to an aromatic ring is 2. The molecule has 0 amide bonds. The number of aromatic nitrogens is 2. The molecule has 1 aliphatic rings. The molecule has 2 rings (SSSR count). The lowest BCUT2D eigenvalue weighted by Gasteiger charge is -2.29. The molecule has 0 saturated carbocycles. The van der Waals surface area contributed by atoms with E-state index in [1.807, 2.05) is 7.05 Å². The van der Waals surface area contributed by atoms with Crippen molar-refractivity contribution in [3.63, 3.8) is 0 Å². The van der Waals surface area contributed by atoms with Crippen LogP contribution in [0.5, 0.6) is 0 Å². The molecular weight excluding hydrogens is 204 g/mol. The molecule has 5 N–H and O–H groups in total. The van der Waals surface area contributed by atoms with Gasteiger partial charge >= 0.3 is 0 Å². The fraction of sp³-hybridized carbons (Fsp3) is 0.600. The van der Waals surface area contributed by atoms with Gasteiger partial charge in [0.25, 0.3) is 0 Å². The Morgan fingerprint density at radius 3 is 2.44 bits per heavy atom. The van der Waals surface area contributed by atoms with E-state index < -0.39 is 0 Å². The van der Waals surface area contributed by atoms with Gasteiger partial charge in [-0.2, -0.15) is 9.97 Å². The molecule has 0 aromatic carbocycles. The Morgan fingerprint density at radius 1 is 1.12 bits per heavy atom. The number of anilines is 4. The first kappa shape index (κ1) is 10.8. The minimum absolute atomic E-state index is 0.233. The average Bonchev–Trinajstić information content (AvgIpc) is 2.29. The van der Waals surface area contributed by atoms with E-state index in [4.69, 9.17) is 11.5 Å². The Balaban J connectivity index is 2.36. The molecular formula is C10H18N6. The zero-order valence-electron chi connectivity index (χ0n) is 9.53.